The lowest BCUT2D eigenvalue weighted by Gasteiger charge is -2.30. The van der Waals surface area contributed by atoms with Gasteiger partial charge in [-0.3, -0.25) is 0 Å². The fourth-order valence-corrected chi connectivity index (χ4v) is 11.3. The van der Waals surface area contributed by atoms with Gasteiger partial charge in [0.05, 0.1) is 22.7 Å². The molecular weight excluding hydrogens is 829 g/mol. The summed E-state index contributed by atoms with van der Waals surface area (Å²) in [6, 6.07) is 58.6. The van der Waals surface area contributed by atoms with Gasteiger partial charge in [-0.05, 0) is 131 Å². The summed E-state index contributed by atoms with van der Waals surface area (Å²) in [4.78, 5) is 4.87. The van der Waals surface area contributed by atoms with E-state index in [0.29, 0.717) is 0 Å². The Kier molecular flexibility index (Phi) is 9.21. The first-order valence-electron chi connectivity index (χ1n) is 24.0. The summed E-state index contributed by atoms with van der Waals surface area (Å²) in [5.74, 6) is 0. The lowest BCUT2D eigenvalue weighted by Crippen LogP contribution is -2.12. The molecule has 0 N–H and O–H groups in total. The molecule has 0 bridgehead atoms. The number of anilines is 6. The van der Waals surface area contributed by atoms with E-state index in [1.165, 1.54) is 65.7 Å². The van der Waals surface area contributed by atoms with Crippen molar-refractivity contribution in [3.63, 3.8) is 0 Å². The van der Waals surface area contributed by atoms with Crippen molar-refractivity contribution in [1.29, 1.82) is 0 Å². The fourth-order valence-electron chi connectivity index (χ4n) is 11.3. The molecule has 4 heteroatoms. The van der Waals surface area contributed by atoms with Crippen LogP contribution in [-0.2, 0) is 10.8 Å². The van der Waals surface area contributed by atoms with E-state index in [4.69, 9.17) is 8.83 Å². The van der Waals surface area contributed by atoms with Crippen LogP contribution in [0.3, 0.4) is 0 Å². The highest BCUT2D eigenvalue weighted by Crippen LogP contribution is 2.51. The maximum atomic E-state index is 7.11. The number of fused-ring (bicyclic) bond motifs is 6. The third-order valence-corrected chi connectivity index (χ3v) is 14.1. The Morgan fingerprint density at radius 2 is 0.662 bits per heavy atom. The van der Waals surface area contributed by atoms with Gasteiger partial charge in [-0.25, -0.2) is 0 Å². The number of para-hydroxylation sites is 4. The summed E-state index contributed by atoms with van der Waals surface area (Å²) in [5, 5.41) is 11.7. The van der Waals surface area contributed by atoms with E-state index in [2.05, 4.69) is 237 Å². The number of nitrogens with zero attached hydrogens (tertiary/aromatic N) is 2. The Morgan fingerprint density at radius 1 is 0.324 bits per heavy atom. The van der Waals surface area contributed by atoms with Crippen LogP contribution >= 0.6 is 0 Å². The van der Waals surface area contributed by atoms with Gasteiger partial charge in [-0.15, -0.1) is 0 Å². The second-order valence-corrected chi connectivity index (χ2v) is 21.3. The van der Waals surface area contributed by atoms with E-state index >= 15 is 0 Å². The van der Waals surface area contributed by atoms with Crippen molar-refractivity contribution in [1.82, 2.24) is 0 Å². The molecule has 2 heterocycles. The van der Waals surface area contributed by atoms with Crippen molar-refractivity contribution in [3.05, 3.63) is 191 Å². The molecular formula is C64H56N2O2. The summed E-state index contributed by atoms with van der Waals surface area (Å²) in [6.07, 6.45) is 0. The molecule has 0 aliphatic rings. The van der Waals surface area contributed by atoms with Gasteiger partial charge >= 0.3 is 0 Å². The molecule has 0 radical (unpaired) electrons. The van der Waals surface area contributed by atoms with Crippen LogP contribution in [0.4, 0.5) is 34.1 Å². The zero-order valence-electron chi connectivity index (χ0n) is 40.7. The second kappa shape index (κ2) is 15.0. The fraction of sp³-hybridized carbons (Fsp3) is 0.188. The minimum atomic E-state index is -0.0894. The molecule has 12 aromatic rings. The number of benzene rings is 10. The van der Waals surface area contributed by atoms with E-state index < -0.39 is 0 Å². The number of furan rings is 2. The molecule has 10 aromatic carbocycles. The molecule has 12 rings (SSSR count). The van der Waals surface area contributed by atoms with Crippen LogP contribution in [0.2, 0.25) is 0 Å². The number of hydrogen-bond acceptors (Lipinski definition) is 4. The minimum Gasteiger partial charge on any atom is -0.454 e. The molecule has 0 spiro atoms. The highest BCUT2D eigenvalue weighted by Gasteiger charge is 2.28. The highest BCUT2D eigenvalue weighted by atomic mass is 16.3. The Hall–Kier alpha value is -7.56. The van der Waals surface area contributed by atoms with E-state index in [-0.39, 0.29) is 10.8 Å². The quantitative estimate of drug-likeness (QED) is 0.156. The number of rotatable bonds is 6. The van der Waals surface area contributed by atoms with Gasteiger partial charge in [0.2, 0.25) is 0 Å². The Bertz CT molecular complexity index is 3700. The SMILES string of the molecule is Cc1cc(C)cc(N(c2ccc3ccc4c(N(c5cc(C)cc(C)c5)c5cccc6c5oc5c(C(C)(C)C)cccc56)ccc5ccc2c3c54)c2cccc3c2oc2c(C(C)(C)C)cccc23)c1. The topological polar surface area (TPSA) is 32.8 Å². The van der Waals surface area contributed by atoms with Crippen molar-refractivity contribution < 1.29 is 8.83 Å². The van der Waals surface area contributed by atoms with E-state index in [9.17, 15) is 0 Å². The van der Waals surface area contributed by atoms with Gasteiger partial charge in [-0.2, -0.15) is 0 Å². The van der Waals surface area contributed by atoms with Gasteiger partial charge in [0.1, 0.15) is 11.2 Å². The second-order valence-electron chi connectivity index (χ2n) is 21.3. The third-order valence-electron chi connectivity index (χ3n) is 14.1. The Morgan fingerprint density at radius 3 is 1.03 bits per heavy atom. The molecule has 0 aliphatic carbocycles. The molecule has 68 heavy (non-hydrogen) atoms. The Labute approximate surface area is 398 Å². The average Bonchev–Trinajstić information content (AvgIpc) is 3.87. The van der Waals surface area contributed by atoms with Gasteiger partial charge in [0, 0.05) is 54.8 Å². The maximum absolute atomic E-state index is 7.11. The number of aryl methyl sites for hydroxylation is 4. The summed E-state index contributed by atoms with van der Waals surface area (Å²) in [6.45, 7) is 22.3. The number of hydrogen-bond donors (Lipinski definition) is 0. The molecule has 0 amide bonds. The van der Waals surface area contributed by atoms with Crippen LogP contribution in [0.5, 0.6) is 0 Å². The first kappa shape index (κ1) is 41.8. The molecule has 0 atom stereocenters. The molecule has 0 aliphatic heterocycles. The van der Waals surface area contributed by atoms with Gasteiger partial charge in [0.15, 0.2) is 11.2 Å². The third kappa shape index (κ3) is 6.48. The van der Waals surface area contributed by atoms with E-state index in [1.807, 2.05) is 0 Å². The van der Waals surface area contributed by atoms with E-state index in [1.54, 1.807) is 0 Å². The monoisotopic (exact) mass is 884 g/mol. The van der Waals surface area contributed by atoms with Crippen molar-refractivity contribution in [2.24, 2.45) is 0 Å². The minimum absolute atomic E-state index is 0.0894. The average molecular weight is 885 g/mol. The van der Waals surface area contributed by atoms with Crippen LogP contribution in [-0.4, -0.2) is 0 Å². The highest BCUT2D eigenvalue weighted by molar-refractivity contribution is 6.29. The van der Waals surface area contributed by atoms with Crippen molar-refractivity contribution in [2.75, 3.05) is 9.80 Å². The standard InChI is InChI=1S/C64H56N2O2/c1-37-31-38(2)34-43(33-37)65(55-21-13-17-47-45-15-11-19-51(63(5,6)7)59(45)67-61(47)55)53-29-25-41-24-28-50-54(30-26-42-23-27-49(53)57(41)58(42)50)66(44-35-39(3)32-40(4)36-44)56-22-14-18-48-46-16-12-20-52(64(8,9)10)60(46)68-62(48)56/h11-36H,1-10H3. The molecule has 4 nitrogen and oxygen atoms in total. The molecule has 2 aromatic heterocycles. The van der Waals surface area contributed by atoms with E-state index in [0.717, 1.165) is 78.0 Å². The predicted molar refractivity (Wildman–Crippen MR) is 290 cm³/mol. The summed E-state index contributed by atoms with van der Waals surface area (Å²) >= 11 is 0. The first-order chi connectivity index (χ1) is 32.6. The zero-order chi connectivity index (χ0) is 47.0. The van der Waals surface area contributed by atoms with Crippen molar-refractivity contribution in [3.8, 4) is 0 Å². The largest absolute Gasteiger partial charge is 0.454 e. The summed E-state index contributed by atoms with van der Waals surface area (Å²) in [7, 11) is 0. The van der Waals surface area contributed by atoms with Crippen LogP contribution in [0.25, 0.3) is 76.2 Å². The Balaban J connectivity index is 1.14. The smallest absolute Gasteiger partial charge is 0.159 e. The first-order valence-corrected chi connectivity index (χ1v) is 24.0. The van der Waals surface area contributed by atoms with Gasteiger partial charge in [0.25, 0.3) is 0 Å². The molecule has 334 valence electrons. The molecule has 0 saturated heterocycles. The van der Waals surface area contributed by atoms with Crippen molar-refractivity contribution in [2.45, 2.75) is 80.1 Å². The van der Waals surface area contributed by atoms with Crippen LogP contribution in [0.1, 0.15) is 74.9 Å². The van der Waals surface area contributed by atoms with Crippen molar-refractivity contribution >= 4 is 110 Å². The maximum Gasteiger partial charge on any atom is 0.159 e. The molecule has 0 saturated carbocycles. The van der Waals surface area contributed by atoms with Gasteiger partial charge < -0.3 is 18.6 Å². The normalized spacial score (nSPS) is 12.6. The summed E-state index contributed by atoms with van der Waals surface area (Å²) < 4.78 is 14.2. The molecule has 0 fully saturated rings. The zero-order valence-corrected chi connectivity index (χ0v) is 40.7. The van der Waals surface area contributed by atoms with Crippen LogP contribution in [0, 0.1) is 27.7 Å². The van der Waals surface area contributed by atoms with Gasteiger partial charge in [-0.1, -0.05) is 151 Å². The van der Waals surface area contributed by atoms with Crippen LogP contribution in [0.15, 0.2) is 167 Å². The predicted octanol–water partition coefficient (Wildman–Crippen LogP) is 19.2. The summed E-state index contributed by atoms with van der Waals surface area (Å²) in [5.41, 5.74) is 17.1. The molecule has 0 unspecified atom stereocenters. The lowest BCUT2D eigenvalue weighted by atomic mass is 9.86. The lowest BCUT2D eigenvalue weighted by molar-refractivity contribution is 0.572. The van der Waals surface area contributed by atoms with Crippen LogP contribution < -0.4 is 9.80 Å².